The molecule has 0 heterocycles. The average Bonchev–Trinajstić information content (AvgIpc) is 2.35. The predicted molar refractivity (Wildman–Crippen MR) is 72.6 cm³/mol. The first-order valence-corrected chi connectivity index (χ1v) is 6.33. The topological polar surface area (TPSA) is 64.3 Å². The predicted octanol–water partition coefficient (Wildman–Crippen LogP) is 1.34. The van der Waals surface area contributed by atoms with E-state index in [9.17, 15) is 4.79 Å². The van der Waals surface area contributed by atoms with Gasteiger partial charge in [-0.2, -0.15) is 0 Å². The molecule has 0 atom stereocenters. The number of nitrogens with two attached hydrogens (primary N) is 1. The van der Waals surface area contributed by atoms with Crippen molar-refractivity contribution in [2.24, 2.45) is 5.73 Å². The standard InChI is InChI=1S/C14H22N2O2/c1-11(2)18-10-9-16-14(17)13-6-4-3-5-12(13)7-8-15/h3-6,11H,7-10,15H2,1-2H3,(H,16,17). The third-order valence-electron chi connectivity index (χ3n) is 2.51. The van der Waals surface area contributed by atoms with Gasteiger partial charge >= 0.3 is 0 Å². The Balaban J connectivity index is 2.50. The first-order chi connectivity index (χ1) is 8.65. The van der Waals surface area contributed by atoms with Gasteiger partial charge in [0.05, 0.1) is 12.7 Å². The van der Waals surface area contributed by atoms with Crippen molar-refractivity contribution < 1.29 is 9.53 Å². The maximum absolute atomic E-state index is 12.0. The highest BCUT2D eigenvalue weighted by Gasteiger charge is 2.09. The lowest BCUT2D eigenvalue weighted by molar-refractivity contribution is 0.0746. The fourth-order valence-electron chi connectivity index (χ4n) is 1.67. The van der Waals surface area contributed by atoms with Gasteiger partial charge in [-0.15, -0.1) is 0 Å². The quantitative estimate of drug-likeness (QED) is 0.718. The summed E-state index contributed by atoms with van der Waals surface area (Å²) in [6, 6.07) is 7.54. The summed E-state index contributed by atoms with van der Waals surface area (Å²) in [5, 5.41) is 2.85. The Kier molecular flexibility index (Phi) is 6.39. The first kappa shape index (κ1) is 14.7. The number of hydrogen-bond acceptors (Lipinski definition) is 3. The molecule has 1 aromatic rings. The third kappa shape index (κ3) is 4.85. The summed E-state index contributed by atoms with van der Waals surface area (Å²) in [5.74, 6) is -0.0635. The zero-order valence-electron chi connectivity index (χ0n) is 11.1. The molecule has 0 spiro atoms. The molecule has 0 aliphatic rings. The fourth-order valence-corrected chi connectivity index (χ4v) is 1.67. The minimum Gasteiger partial charge on any atom is -0.377 e. The van der Waals surface area contributed by atoms with E-state index in [1.54, 1.807) is 0 Å². The molecule has 4 nitrogen and oxygen atoms in total. The van der Waals surface area contributed by atoms with Gasteiger partial charge in [-0.05, 0) is 38.4 Å². The molecule has 0 aromatic heterocycles. The Labute approximate surface area is 109 Å². The lowest BCUT2D eigenvalue weighted by Crippen LogP contribution is -2.29. The SMILES string of the molecule is CC(C)OCCNC(=O)c1ccccc1CCN. The summed E-state index contributed by atoms with van der Waals surface area (Å²) in [7, 11) is 0. The summed E-state index contributed by atoms with van der Waals surface area (Å²) < 4.78 is 5.37. The van der Waals surface area contributed by atoms with Crippen LogP contribution >= 0.6 is 0 Å². The molecule has 0 aliphatic carbocycles. The van der Waals surface area contributed by atoms with E-state index < -0.39 is 0 Å². The molecule has 0 bridgehead atoms. The van der Waals surface area contributed by atoms with E-state index in [1.165, 1.54) is 0 Å². The molecule has 3 N–H and O–H groups in total. The van der Waals surface area contributed by atoms with Crippen molar-refractivity contribution in [2.45, 2.75) is 26.4 Å². The van der Waals surface area contributed by atoms with E-state index in [4.69, 9.17) is 10.5 Å². The van der Waals surface area contributed by atoms with Gasteiger partial charge in [0.2, 0.25) is 0 Å². The molecule has 1 amide bonds. The highest BCUT2D eigenvalue weighted by atomic mass is 16.5. The molecule has 100 valence electrons. The van der Waals surface area contributed by atoms with E-state index in [0.717, 1.165) is 5.56 Å². The van der Waals surface area contributed by atoms with Crippen LogP contribution in [-0.2, 0) is 11.2 Å². The first-order valence-electron chi connectivity index (χ1n) is 6.33. The number of amides is 1. The molecule has 0 saturated carbocycles. The van der Waals surface area contributed by atoms with Gasteiger partial charge in [-0.3, -0.25) is 4.79 Å². The summed E-state index contributed by atoms with van der Waals surface area (Å²) >= 11 is 0. The molecule has 18 heavy (non-hydrogen) atoms. The summed E-state index contributed by atoms with van der Waals surface area (Å²) in [4.78, 5) is 12.0. The van der Waals surface area contributed by atoms with Crippen LogP contribution in [-0.4, -0.2) is 31.7 Å². The Morgan fingerprint density at radius 1 is 1.39 bits per heavy atom. The van der Waals surface area contributed by atoms with E-state index in [1.807, 2.05) is 38.1 Å². The van der Waals surface area contributed by atoms with Crippen molar-refractivity contribution in [2.75, 3.05) is 19.7 Å². The summed E-state index contributed by atoms with van der Waals surface area (Å²) in [6.07, 6.45) is 0.901. The number of carbonyl (C=O) groups is 1. The minimum atomic E-state index is -0.0635. The highest BCUT2D eigenvalue weighted by molar-refractivity contribution is 5.95. The van der Waals surface area contributed by atoms with Crippen LogP contribution in [0.15, 0.2) is 24.3 Å². The second-order valence-electron chi connectivity index (χ2n) is 4.37. The maximum Gasteiger partial charge on any atom is 0.251 e. The van der Waals surface area contributed by atoms with E-state index in [2.05, 4.69) is 5.32 Å². The Morgan fingerprint density at radius 2 is 2.11 bits per heavy atom. The molecule has 0 unspecified atom stereocenters. The maximum atomic E-state index is 12.0. The second kappa shape index (κ2) is 7.84. The van der Waals surface area contributed by atoms with Gasteiger partial charge < -0.3 is 15.8 Å². The molecule has 0 fully saturated rings. The molecule has 0 radical (unpaired) electrons. The van der Waals surface area contributed by atoms with Crippen molar-refractivity contribution in [1.29, 1.82) is 0 Å². The second-order valence-corrected chi connectivity index (χ2v) is 4.37. The monoisotopic (exact) mass is 250 g/mol. The Morgan fingerprint density at radius 3 is 2.78 bits per heavy atom. The van der Waals surface area contributed by atoms with Crippen molar-refractivity contribution in [3.8, 4) is 0 Å². The molecule has 0 aliphatic heterocycles. The summed E-state index contributed by atoms with van der Waals surface area (Å²) in [6.45, 7) is 5.54. The lowest BCUT2D eigenvalue weighted by atomic mass is 10.0. The fraction of sp³-hybridized carbons (Fsp3) is 0.500. The van der Waals surface area contributed by atoms with Gasteiger partial charge in [-0.1, -0.05) is 18.2 Å². The number of benzene rings is 1. The van der Waals surface area contributed by atoms with E-state index >= 15 is 0 Å². The van der Waals surface area contributed by atoms with Crippen molar-refractivity contribution in [3.05, 3.63) is 35.4 Å². The molecular formula is C14H22N2O2. The normalized spacial score (nSPS) is 10.7. The van der Waals surface area contributed by atoms with Gasteiger partial charge in [0.25, 0.3) is 5.91 Å². The molecule has 0 saturated heterocycles. The van der Waals surface area contributed by atoms with Crippen molar-refractivity contribution in [3.63, 3.8) is 0 Å². The number of carbonyl (C=O) groups excluding carboxylic acids is 1. The van der Waals surface area contributed by atoms with Crippen LogP contribution in [0.1, 0.15) is 29.8 Å². The summed E-state index contributed by atoms with van der Waals surface area (Å²) in [5.41, 5.74) is 7.22. The van der Waals surface area contributed by atoms with Crippen LogP contribution in [0, 0.1) is 0 Å². The van der Waals surface area contributed by atoms with Gasteiger partial charge in [0, 0.05) is 12.1 Å². The molecule has 1 rings (SSSR count). The highest BCUT2D eigenvalue weighted by Crippen LogP contribution is 2.08. The number of rotatable bonds is 7. The molecule has 1 aromatic carbocycles. The van der Waals surface area contributed by atoms with Crippen LogP contribution < -0.4 is 11.1 Å². The number of hydrogen-bond donors (Lipinski definition) is 2. The minimum absolute atomic E-state index is 0.0635. The van der Waals surface area contributed by atoms with E-state index in [0.29, 0.717) is 31.7 Å². The van der Waals surface area contributed by atoms with Crippen LogP contribution in [0.4, 0.5) is 0 Å². The van der Waals surface area contributed by atoms with Gasteiger partial charge in [0.1, 0.15) is 0 Å². The van der Waals surface area contributed by atoms with Gasteiger partial charge in [-0.25, -0.2) is 0 Å². The van der Waals surface area contributed by atoms with Crippen LogP contribution in [0.2, 0.25) is 0 Å². The van der Waals surface area contributed by atoms with Gasteiger partial charge in [0.15, 0.2) is 0 Å². The van der Waals surface area contributed by atoms with Crippen LogP contribution in [0.3, 0.4) is 0 Å². The van der Waals surface area contributed by atoms with Crippen molar-refractivity contribution in [1.82, 2.24) is 5.32 Å². The largest absolute Gasteiger partial charge is 0.377 e. The lowest BCUT2D eigenvalue weighted by Gasteiger charge is -2.11. The molecular weight excluding hydrogens is 228 g/mol. The zero-order chi connectivity index (χ0) is 13.4. The smallest absolute Gasteiger partial charge is 0.251 e. The van der Waals surface area contributed by atoms with Crippen molar-refractivity contribution >= 4 is 5.91 Å². The number of ether oxygens (including phenoxy) is 1. The average molecular weight is 250 g/mol. The third-order valence-corrected chi connectivity index (χ3v) is 2.51. The van der Waals surface area contributed by atoms with Crippen LogP contribution in [0.5, 0.6) is 0 Å². The molecule has 4 heteroatoms. The van der Waals surface area contributed by atoms with E-state index in [-0.39, 0.29) is 12.0 Å². The zero-order valence-corrected chi connectivity index (χ0v) is 11.1. The Hall–Kier alpha value is -1.39. The number of nitrogens with one attached hydrogen (secondary N) is 1. The Bertz CT molecular complexity index is 378. The van der Waals surface area contributed by atoms with Crippen LogP contribution in [0.25, 0.3) is 0 Å².